The average molecular weight is 534 g/mol. The molecule has 3 rings (SSSR count). The van der Waals surface area contributed by atoms with E-state index < -0.39 is 0 Å². The minimum absolute atomic E-state index is 0. The van der Waals surface area contributed by atoms with E-state index in [1.54, 1.807) is 7.05 Å². The molecule has 0 spiro atoms. The van der Waals surface area contributed by atoms with Crippen LogP contribution in [0.5, 0.6) is 0 Å². The number of aliphatic imine (C=N–C) groups is 1. The highest BCUT2D eigenvalue weighted by Crippen LogP contribution is 2.14. The zero-order chi connectivity index (χ0) is 21.6. The van der Waals surface area contributed by atoms with Crippen LogP contribution in [0, 0.1) is 0 Å². The largest absolute Gasteiger partial charge is 0.352 e. The van der Waals surface area contributed by atoms with Crippen LogP contribution in [0.15, 0.2) is 59.9 Å². The number of imidazole rings is 1. The molecule has 3 aromatic rings. The standard InChI is InChI=1S/C23H30N6O.HI/c1-23(2,3)28-21(30)14-26-22(24-4)25-13-17-9-11-18(12-10-17)15-29-16-27-19-7-5-6-8-20(19)29;/h5-12,16H,13-15H2,1-4H3,(H,28,30)(H2,24,25,26);1H. The van der Waals surface area contributed by atoms with Crippen LogP contribution in [-0.4, -0.2) is 40.5 Å². The van der Waals surface area contributed by atoms with Crippen LogP contribution in [0.1, 0.15) is 31.9 Å². The molecule has 1 heterocycles. The monoisotopic (exact) mass is 534 g/mol. The van der Waals surface area contributed by atoms with E-state index in [2.05, 4.69) is 60.8 Å². The van der Waals surface area contributed by atoms with Crippen LogP contribution in [0.3, 0.4) is 0 Å². The Kier molecular flexibility index (Phi) is 8.85. The predicted octanol–water partition coefficient (Wildman–Crippen LogP) is 3.28. The molecular weight excluding hydrogens is 503 g/mol. The first-order chi connectivity index (χ1) is 14.3. The van der Waals surface area contributed by atoms with Crippen LogP contribution < -0.4 is 16.0 Å². The summed E-state index contributed by atoms with van der Waals surface area (Å²) in [5.74, 6) is 0.523. The van der Waals surface area contributed by atoms with Gasteiger partial charge in [-0.25, -0.2) is 4.98 Å². The van der Waals surface area contributed by atoms with Crippen molar-refractivity contribution >= 4 is 46.9 Å². The summed E-state index contributed by atoms with van der Waals surface area (Å²) >= 11 is 0. The zero-order valence-corrected chi connectivity index (χ0v) is 20.8. The van der Waals surface area contributed by atoms with Crippen molar-refractivity contribution in [1.82, 2.24) is 25.5 Å². The SMILES string of the molecule is CN=C(NCC(=O)NC(C)(C)C)NCc1ccc(Cn2cnc3ccccc32)cc1.I. The summed E-state index contributed by atoms with van der Waals surface area (Å²) in [6.45, 7) is 7.44. The second-order valence-electron chi connectivity index (χ2n) is 8.26. The third kappa shape index (κ3) is 7.54. The van der Waals surface area contributed by atoms with E-state index in [9.17, 15) is 4.79 Å². The molecule has 0 aliphatic heterocycles. The number of carbonyl (C=O) groups is 1. The minimum atomic E-state index is -0.250. The van der Waals surface area contributed by atoms with E-state index >= 15 is 0 Å². The summed E-state index contributed by atoms with van der Waals surface area (Å²) in [4.78, 5) is 20.6. The molecule has 0 unspecified atom stereocenters. The minimum Gasteiger partial charge on any atom is -0.352 e. The number of amides is 1. The second-order valence-corrected chi connectivity index (χ2v) is 8.26. The number of guanidine groups is 1. The first kappa shape index (κ1) is 24.6. The molecule has 0 aliphatic rings. The molecule has 1 aromatic heterocycles. The first-order valence-corrected chi connectivity index (χ1v) is 10.1. The van der Waals surface area contributed by atoms with E-state index in [0.29, 0.717) is 12.5 Å². The fourth-order valence-electron chi connectivity index (χ4n) is 3.13. The summed E-state index contributed by atoms with van der Waals surface area (Å²) < 4.78 is 2.15. The van der Waals surface area contributed by atoms with Crippen molar-refractivity contribution in [2.45, 2.75) is 39.4 Å². The molecule has 0 aliphatic carbocycles. The third-order valence-corrected chi connectivity index (χ3v) is 4.52. The Balaban J connectivity index is 0.00000341. The molecule has 0 radical (unpaired) electrons. The normalized spacial score (nSPS) is 11.7. The van der Waals surface area contributed by atoms with Gasteiger partial charge in [-0.15, -0.1) is 24.0 Å². The van der Waals surface area contributed by atoms with Gasteiger partial charge in [-0.2, -0.15) is 0 Å². The molecule has 0 saturated heterocycles. The van der Waals surface area contributed by atoms with E-state index in [1.165, 1.54) is 5.56 Å². The molecular formula is C23H31IN6O. The van der Waals surface area contributed by atoms with Crippen molar-refractivity contribution in [3.63, 3.8) is 0 Å². The number of hydrogen-bond acceptors (Lipinski definition) is 3. The Labute approximate surface area is 200 Å². The summed E-state index contributed by atoms with van der Waals surface area (Å²) in [6, 6.07) is 16.6. The van der Waals surface area contributed by atoms with E-state index in [0.717, 1.165) is 23.1 Å². The van der Waals surface area contributed by atoms with Gasteiger partial charge in [0.05, 0.1) is 23.9 Å². The molecule has 7 nitrogen and oxygen atoms in total. The Morgan fingerprint density at radius 2 is 1.71 bits per heavy atom. The van der Waals surface area contributed by atoms with Crippen LogP contribution in [0.2, 0.25) is 0 Å². The number of para-hydroxylation sites is 2. The van der Waals surface area contributed by atoms with Gasteiger partial charge in [0, 0.05) is 25.7 Å². The number of fused-ring (bicyclic) bond motifs is 1. The predicted molar refractivity (Wildman–Crippen MR) is 137 cm³/mol. The Morgan fingerprint density at radius 1 is 1.03 bits per heavy atom. The summed E-state index contributed by atoms with van der Waals surface area (Å²) in [5, 5.41) is 9.19. The highest BCUT2D eigenvalue weighted by molar-refractivity contribution is 14.0. The number of benzene rings is 2. The van der Waals surface area contributed by atoms with E-state index in [4.69, 9.17) is 0 Å². The number of rotatable bonds is 6. The molecule has 0 saturated carbocycles. The van der Waals surface area contributed by atoms with Gasteiger partial charge in [0.25, 0.3) is 0 Å². The van der Waals surface area contributed by atoms with Crippen molar-refractivity contribution in [2.24, 2.45) is 4.99 Å². The fraction of sp³-hybridized carbons (Fsp3) is 0.348. The van der Waals surface area contributed by atoms with Crippen molar-refractivity contribution in [3.05, 3.63) is 66.0 Å². The van der Waals surface area contributed by atoms with E-state index in [1.807, 2.05) is 45.3 Å². The lowest BCUT2D eigenvalue weighted by Crippen LogP contribution is -2.48. The highest BCUT2D eigenvalue weighted by Gasteiger charge is 2.13. The van der Waals surface area contributed by atoms with Crippen LogP contribution >= 0.6 is 24.0 Å². The molecule has 0 fully saturated rings. The molecule has 8 heteroatoms. The Bertz CT molecular complexity index is 1020. The van der Waals surface area contributed by atoms with Gasteiger partial charge in [-0.1, -0.05) is 36.4 Å². The van der Waals surface area contributed by atoms with Gasteiger partial charge in [0.2, 0.25) is 5.91 Å². The first-order valence-electron chi connectivity index (χ1n) is 10.1. The molecule has 0 bridgehead atoms. The van der Waals surface area contributed by atoms with Crippen LogP contribution in [-0.2, 0) is 17.9 Å². The maximum Gasteiger partial charge on any atom is 0.239 e. The van der Waals surface area contributed by atoms with E-state index in [-0.39, 0.29) is 42.0 Å². The van der Waals surface area contributed by atoms with Crippen molar-refractivity contribution in [1.29, 1.82) is 0 Å². The number of nitrogens with one attached hydrogen (secondary N) is 3. The Hall–Kier alpha value is -2.62. The maximum atomic E-state index is 11.9. The zero-order valence-electron chi connectivity index (χ0n) is 18.5. The number of halogens is 1. The second kappa shape index (κ2) is 11.1. The van der Waals surface area contributed by atoms with Crippen molar-refractivity contribution in [3.8, 4) is 0 Å². The summed E-state index contributed by atoms with van der Waals surface area (Å²) in [6.07, 6.45) is 1.88. The number of carbonyl (C=O) groups excluding carboxylic acids is 1. The highest BCUT2D eigenvalue weighted by atomic mass is 127. The van der Waals surface area contributed by atoms with Gasteiger partial charge < -0.3 is 20.5 Å². The lowest BCUT2D eigenvalue weighted by molar-refractivity contribution is -0.121. The summed E-state index contributed by atoms with van der Waals surface area (Å²) in [7, 11) is 1.69. The van der Waals surface area contributed by atoms with Crippen molar-refractivity contribution < 1.29 is 4.79 Å². The third-order valence-electron chi connectivity index (χ3n) is 4.52. The van der Waals surface area contributed by atoms with Crippen molar-refractivity contribution in [2.75, 3.05) is 13.6 Å². The fourth-order valence-corrected chi connectivity index (χ4v) is 3.13. The van der Waals surface area contributed by atoms with Gasteiger partial charge >= 0.3 is 0 Å². The van der Waals surface area contributed by atoms with Gasteiger partial charge in [0.1, 0.15) is 0 Å². The number of aromatic nitrogens is 2. The summed E-state index contributed by atoms with van der Waals surface area (Å²) in [5.41, 5.74) is 4.24. The molecule has 2 aromatic carbocycles. The molecule has 31 heavy (non-hydrogen) atoms. The average Bonchev–Trinajstić information content (AvgIpc) is 3.11. The smallest absolute Gasteiger partial charge is 0.239 e. The van der Waals surface area contributed by atoms with Gasteiger partial charge in [-0.05, 0) is 44.0 Å². The lowest BCUT2D eigenvalue weighted by Gasteiger charge is -2.21. The molecule has 0 atom stereocenters. The van der Waals surface area contributed by atoms with Crippen LogP contribution in [0.4, 0.5) is 0 Å². The Morgan fingerprint density at radius 3 is 2.39 bits per heavy atom. The number of nitrogens with zero attached hydrogens (tertiary/aromatic N) is 3. The van der Waals surface area contributed by atoms with Crippen LogP contribution in [0.25, 0.3) is 11.0 Å². The quantitative estimate of drug-likeness (QED) is 0.258. The lowest BCUT2D eigenvalue weighted by atomic mass is 10.1. The molecule has 166 valence electrons. The maximum absolute atomic E-state index is 11.9. The van der Waals surface area contributed by atoms with Gasteiger partial charge in [0.15, 0.2) is 5.96 Å². The number of hydrogen-bond donors (Lipinski definition) is 3. The molecule has 3 N–H and O–H groups in total. The van der Waals surface area contributed by atoms with Gasteiger partial charge in [-0.3, -0.25) is 9.79 Å². The molecule has 1 amide bonds. The topological polar surface area (TPSA) is 83.3 Å².